The molecule has 2 saturated heterocycles. The van der Waals surface area contributed by atoms with Gasteiger partial charge in [0.15, 0.2) is 0 Å². The summed E-state index contributed by atoms with van der Waals surface area (Å²) in [4.78, 5) is 14.0. The first-order chi connectivity index (χ1) is 9.72. The highest BCUT2D eigenvalue weighted by atomic mass is 16.5. The highest BCUT2D eigenvalue weighted by Crippen LogP contribution is 2.19. The molecule has 1 aromatic heterocycles. The fraction of sp³-hybridized carbons (Fsp3) is 0.733. The van der Waals surface area contributed by atoms with Crippen LogP contribution in [0.3, 0.4) is 0 Å². The minimum absolute atomic E-state index is 0.738. The molecule has 0 saturated carbocycles. The van der Waals surface area contributed by atoms with Crippen LogP contribution in [0.1, 0.15) is 17.8 Å². The van der Waals surface area contributed by atoms with Crippen molar-refractivity contribution in [2.24, 2.45) is 5.92 Å². The van der Waals surface area contributed by atoms with Crippen LogP contribution in [-0.2, 0) is 4.74 Å². The van der Waals surface area contributed by atoms with Gasteiger partial charge in [0.25, 0.3) is 0 Å². The lowest BCUT2D eigenvalue weighted by Crippen LogP contribution is -2.48. The van der Waals surface area contributed by atoms with E-state index >= 15 is 0 Å². The van der Waals surface area contributed by atoms with Crippen LogP contribution in [0, 0.1) is 19.8 Å². The molecule has 1 atom stereocenters. The molecule has 2 fully saturated rings. The predicted molar refractivity (Wildman–Crippen MR) is 79.1 cm³/mol. The van der Waals surface area contributed by atoms with Gasteiger partial charge >= 0.3 is 0 Å². The molecule has 5 nitrogen and oxygen atoms in total. The maximum atomic E-state index is 5.46. The molecule has 0 aromatic carbocycles. The number of aryl methyl sites for hydroxylation is 2. The highest BCUT2D eigenvalue weighted by Gasteiger charge is 2.24. The van der Waals surface area contributed by atoms with E-state index in [1.165, 1.54) is 13.0 Å². The Morgan fingerprint density at radius 1 is 1.25 bits per heavy atom. The zero-order chi connectivity index (χ0) is 13.9. The van der Waals surface area contributed by atoms with E-state index in [4.69, 9.17) is 4.74 Å². The fourth-order valence-electron chi connectivity index (χ4n) is 3.06. The molecule has 0 spiro atoms. The largest absolute Gasteiger partial charge is 0.381 e. The van der Waals surface area contributed by atoms with E-state index in [0.29, 0.717) is 0 Å². The molecule has 2 aliphatic heterocycles. The normalized spacial score (nSPS) is 24.3. The Bertz CT molecular complexity index is 451. The van der Waals surface area contributed by atoms with Crippen molar-refractivity contribution in [3.8, 4) is 0 Å². The van der Waals surface area contributed by atoms with Crippen molar-refractivity contribution in [2.45, 2.75) is 20.3 Å². The number of hydrogen-bond acceptors (Lipinski definition) is 5. The van der Waals surface area contributed by atoms with Crippen LogP contribution < -0.4 is 4.90 Å². The lowest BCUT2D eigenvalue weighted by molar-refractivity contribution is 0.164. The molecular formula is C15H24N4O. The van der Waals surface area contributed by atoms with Crippen molar-refractivity contribution in [3.63, 3.8) is 0 Å². The van der Waals surface area contributed by atoms with E-state index in [1.807, 2.05) is 20.0 Å². The first-order valence-corrected chi connectivity index (χ1v) is 7.57. The topological polar surface area (TPSA) is 41.5 Å². The maximum absolute atomic E-state index is 5.46. The molecule has 0 N–H and O–H groups in total. The Morgan fingerprint density at radius 2 is 2.05 bits per heavy atom. The third-order valence-corrected chi connectivity index (χ3v) is 4.26. The van der Waals surface area contributed by atoms with Gasteiger partial charge in [0.2, 0.25) is 0 Å². The lowest BCUT2D eigenvalue weighted by atomic mass is 10.1. The monoisotopic (exact) mass is 276 g/mol. The van der Waals surface area contributed by atoms with Gasteiger partial charge in [-0.05, 0) is 26.2 Å². The maximum Gasteiger partial charge on any atom is 0.150 e. The molecular weight excluding hydrogens is 252 g/mol. The zero-order valence-electron chi connectivity index (χ0n) is 12.5. The van der Waals surface area contributed by atoms with Gasteiger partial charge < -0.3 is 9.64 Å². The standard InChI is InChI=1S/C15H24N4O/c1-12-9-16-13(2)15(17-12)19-6-4-18(5-7-19)10-14-3-8-20-11-14/h9,14H,3-8,10-11H2,1-2H3/t14-/m1/s1. The van der Waals surface area contributed by atoms with Crippen LogP contribution in [0.25, 0.3) is 0 Å². The minimum atomic E-state index is 0.738. The van der Waals surface area contributed by atoms with Crippen molar-refractivity contribution < 1.29 is 4.74 Å². The van der Waals surface area contributed by atoms with E-state index in [-0.39, 0.29) is 0 Å². The summed E-state index contributed by atoms with van der Waals surface area (Å²) in [6.07, 6.45) is 3.07. The smallest absolute Gasteiger partial charge is 0.150 e. The van der Waals surface area contributed by atoms with Crippen molar-refractivity contribution in [1.82, 2.24) is 14.9 Å². The summed E-state index contributed by atoms with van der Waals surface area (Å²) in [7, 11) is 0. The fourth-order valence-corrected chi connectivity index (χ4v) is 3.06. The molecule has 3 heterocycles. The Labute approximate surface area is 121 Å². The second-order valence-electron chi connectivity index (χ2n) is 5.94. The van der Waals surface area contributed by atoms with E-state index in [9.17, 15) is 0 Å². The molecule has 0 aliphatic carbocycles. The van der Waals surface area contributed by atoms with Crippen molar-refractivity contribution in [2.75, 3.05) is 50.8 Å². The molecule has 110 valence electrons. The van der Waals surface area contributed by atoms with Crippen LogP contribution in [0.2, 0.25) is 0 Å². The summed E-state index contributed by atoms with van der Waals surface area (Å²) in [6, 6.07) is 0. The third kappa shape index (κ3) is 3.10. The Kier molecular flexibility index (Phi) is 4.17. The van der Waals surface area contributed by atoms with E-state index in [2.05, 4.69) is 19.8 Å². The van der Waals surface area contributed by atoms with E-state index in [1.54, 1.807) is 0 Å². The van der Waals surface area contributed by atoms with Crippen molar-refractivity contribution in [1.29, 1.82) is 0 Å². The van der Waals surface area contributed by atoms with Gasteiger partial charge in [-0.2, -0.15) is 0 Å². The molecule has 0 amide bonds. The van der Waals surface area contributed by atoms with Gasteiger partial charge in [0, 0.05) is 45.5 Å². The number of aromatic nitrogens is 2. The lowest BCUT2D eigenvalue weighted by Gasteiger charge is -2.36. The summed E-state index contributed by atoms with van der Waals surface area (Å²) >= 11 is 0. The van der Waals surface area contributed by atoms with Crippen LogP contribution >= 0.6 is 0 Å². The summed E-state index contributed by atoms with van der Waals surface area (Å²) in [6.45, 7) is 11.5. The van der Waals surface area contributed by atoms with Crippen molar-refractivity contribution >= 4 is 5.82 Å². The minimum Gasteiger partial charge on any atom is -0.381 e. The number of rotatable bonds is 3. The molecule has 5 heteroatoms. The van der Waals surface area contributed by atoms with Crippen LogP contribution in [-0.4, -0.2) is 60.8 Å². The quantitative estimate of drug-likeness (QED) is 0.831. The average Bonchev–Trinajstić information content (AvgIpc) is 2.95. The number of piperazine rings is 1. The van der Waals surface area contributed by atoms with Crippen molar-refractivity contribution in [3.05, 3.63) is 17.6 Å². The van der Waals surface area contributed by atoms with Gasteiger partial charge in [0.1, 0.15) is 5.82 Å². The third-order valence-electron chi connectivity index (χ3n) is 4.26. The van der Waals surface area contributed by atoms with E-state index in [0.717, 1.165) is 62.5 Å². The van der Waals surface area contributed by atoms with Crippen LogP contribution in [0.4, 0.5) is 5.82 Å². The SMILES string of the molecule is Cc1cnc(C)c(N2CCN(C[C@H]3CCOC3)CC2)n1. The molecule has 1 aromatic rings. The number of nitrogens with zero attached hydrogens (tertiary/aromatic N) is 4. The first-order valence-electron chi connectivity index (χ1n) is 7.57. The Balaban J connectivity index is 1.56. The van der Waals surface area contributed by atoms with E-state index < -0.39 is 0 Å². The molecule has 0 unspecified atom stereocenters. The van der Waals surface area contributed by atoms with Gasteiger partial charge in [-0.1, -0.05) is 0 Å². The molecule has 3 rings (SSSR count). The van der Waals surface area contributed by atoms with Crippen LogP contribution in [0.15, 0.2) is 6.20 Å². The second-order valence-corrected chi connectivity index (χ2v) is 5.94. The van der Waals surface area contributed by atoms with Gasteiger partial charge in [0.05, 0.1) is 18.0 Å². The predicted octanol–water partition coefficient (Wildman–Crippen LogP) is 1.25. The second kappa shape index (κ2) is 6.06. The average molecular weight is 276 g/mol. The summed E-state index contributed by atoms with van der Waals surface area (Å²) in [5, 5.41) is 0. The summed E-state index contributed by atoms with van der Waals surface area (Å²) in [5.41, 5.74) is 2.03. The Morgan fingerprint density at radius 3 is 2.75 bits per heavy atom. The molecule has 0 bridgehead atoms. The number of ether oxygens (including phenoxy) is 1. The van der Waals surface area contributed by atoms with Gasteiger partial charge in [-0.3, -0.25) is 9.88 Å². The highest BCUT2D eigenvalue weighted by molar-refractivity contribution is 5.43. The van der Waals surface area contributed by atoms with Gasteiger partial charge in [-0.15, -0.1) is 0 Å². The van der Waals surface area contributed by atoms with Gasteiger partial charge in [-0.25, -0.2) is 4.98 Å². The molecule has 2 aliphatic rings. The summed E-state index contributed by atoms with van der Waals surface area (Å²) in [5.74, 6) is 1.80. The number of anilines is 1. The zero-order valence-corrected chi connectivity index (χ0v) is 12.5. The molecule has 0 radical (unpaired) electrons. The number of hydrogen-bond donors (Lipinski definition) is 0. The van der Waals surface area contributed by atoms with Crippen LogP contribution in [0.5, 0.6) is 0 Å². The summed E-state index contributed by atoms with van der Waals surface area (Å²) < 4.78 is 5.46. The Hall–Kier alpha value is -1.20. The molecule has 20 heavy (non-hydrogen) atoms. The first kappa shape index (κ1) is 13.8.